The second-order valence-electron chi connectivity index (χ2n) is 5.02. The van der Waals surface area contributed by atoms with Gasteiger partial charge in [-0.2, -0.15) is 0 Å². The average Bonchev–Trinajstić information content (AvgIpc) is 2.61. The molecule has 1 aromatic carbocycles. The van der Waals surface area contributed by atoms with E-state index in [9.17, 15) is 25.0 Å². The number of non-ortho nitro benzene ring substituents is 1. The molecule has 1 aromatic rings. The molecule has 0 heterocycles. The number of nitrogens with one attached hydrogen (secondary N) is 1. The third-order valence-electron chi connectivity index (χ3n) is 3.36. The zero-order valence-electron chi connectivity index (χ0n) is 14.0. The Morgan fingerprint density at radius 3 is 2.50 bits per heavy atom. The lowest BCUT2D eigenvalue weighted by molar-refractivity contribution is -0.393. The predicted octanol–water partition coefficient (Wildman–Crippen LogP) is 1.07. The van der Waals surface area contributed by atoms with E-state index in [1.165, 1.54) is 7.11 Å². The number of methoxy groups -OCH3 is 1. The van der Waals surface area contributed by atoms with E-state index in [1.54, 1.807) is 4.90 Å². The van der Waals surface area contributed by atoms with Gasteiger partial charge in [0.2, 0.25) is 0 Å². The lowest BCUT2D eigenvalue weighted by Gasteiger charge is -2.25. The molecule has 0 unspecified atom stereocenters. The minimum Gasteiger partial charge on any atom is -0.395 e. The van der Waals surface area contributed by atoms with Crippen LogP contribution in [0.3, 0.4) is 0 Å². The minimum atomic E-state index is -0.802. The summed E-state index contributed by atoms with van der Waals surface area (Å²) in [6, 6.07) is 1.81. The van der Waals surface area contributed by atoms with Crippen LogP contribution in [0.2, 0.25) is 0 Å². The molecule has 26 heavy (non-hydrogen) atoms. The van der Waals surface area contributed by atoms with Gasteiger partial charge >= 0.3 is 0 Å². The van der Waals surface area contributed by atoms with E-state index in [1.807, 2.05) is 0 Å². The third kappa shape index (κ3) is 5.61. The van der Waals surface area contributed by atoms with E-state index in [0.29, 0.717) is 11.9 Å². The molecule has 1 amide bonds. The maximum atomic E-state index is 12.4. The first kappa shape index (κ1) is 21.7. The number of aliphatic hydroxyl groups is 1. The fourth-order valence-corrected chi connectivity index (χ4v) is 2.69. The van der Waals surface area contributed by atoms with Gasteiger partial charge in [0.1, 0.15) is 5.69 Å². The molecule has 1 rings (SSSR count). The summed E-state index contributed by atoms with van der Waals surface area (Å²) in [5.41, 5.74) is -1.37. The molecule has 0 spiro atoms. The number of nitro groups is 2. The molecular weight excluding hydrogens is 416 g/mol. The van der Waals surface area contributed by atoms with E-state index < -0.39 is 27.1 Å². The van der Waals surface area contributed by atoms with Crippen LogP contribution in [-0.2, 0) is 4.74 Å². The number of hydrogen-bond donors (Lipinski definition) is 2. The van der Waals surface area contributed by atoms with Crippen LogP contribution < -0.4 is 10.2 Å². The Balaban J connectivity index is 3.60. The molecule has 0 saturated carbocycles. The van der Waals surface area contributed by atoms with Crippen molar-refractivity contribution in [2.75, 3.05) is 50.2 Å². The van der Waals surface area contributed by atoms with Crippen LogP contribution in [0.15, 0.2) is 12.1 Å². The van der Waals surface area contributed by atoms with Crippen LogP contribution >= 0.6 is 15.9 Å². The highest BCUT2D eigenvalue weighted by molar-refractivity contribution is 9.09. The van der Waals surface area contributed by atoms with Gasteiger partial charge in [0, 0.05) is 38.1 Å². The number of rotatable bonds is 11. The first-order valence-electron chi connectivity index (χ1n) is 7.53. The van der Waals surface area contributed by atoms with Crippen molar-refractivity contribution in [3.8, 4) is 0 Å². The molecule has 0 aromatic heterocycles. The maximum absolute atomic E-state index is 12.4. The van der Waals surface area contributed by atoms with E-state index >= 15 is 0 Å². The molecule has 0 bridgehead atoms. The topological polar surface area (TPSA) is 148 Å². The number of alkyl halides is 1. The van der Waals surface area contributed by atoms with Gasteiger partial charge in [-0.15, -0.1) is 0 Å². The predicted molar refractivity (Wildman–Crippen MR) is 97.1 cm³/mol. The normalized spacial score (nSPS) is 10.4. The number of hydrogen-bond acceptors (Lipinski definition) is 8. The van der Waals surface area contributed by atoms with Gasteiger partial charge in [0.05, 0.1) is 34.7 Å². The van der Waals surface area contributed by atoms with Crippen LogP contribution in [0, 0.1) is 20.2 Å². The van der Waals surface area contributed by atoms with Crippen LogP contribution in [0.1, 0.15) is 10.4 Å². The molecule has 144 valence electrons. The summed E-state index contributed by atoms with van der Waals surface area (Å²) in [4.78, 5) is 35.0. The lowest BCUT2D eigenvalue weighted by atomic mass is 10.1. The second kappa shape index (κ2) is 10.6. The fraction of sp³-hybridized carbons (Fsp3) is 0.500. The van der Waals surface area contributed by atoms with Gasteiger partial charge in [-0.25, -0.2) is 0 Å². The molecule has 12 heteroatoms. The second-order valence-corrected chi connectivity index (χ2v) is 5.82. The minimum absolute atomic E-state index is 0.0347. The van der Waals surface area contributed by atoms with Gasteiger partial charge < -0.3 is 20.1 Å². The van der Waals surface area contributed by atoms with Crippen LogP contribution in [0.5, 0.6) is 0 Å². The molecule has 0 radical (unpaired) electrons. The smallest absolute Gasteiger partial charge is 0.300 e. The zero-order valence-corrected chi connectivity index (χ0v) is 15.6. The van der Waals surface area contributed by atoms with Gasteiger partial charge in [0.15, 0.2) is 0 Å². The summed E-state index contributed by atoms with van der Waals surface area (Å²) in [6.45, 7) is 0.348. The Hall–Kier alpha value is -2.31. The molecule has 0 saturated heterocycles. The summed E-state index contributed by atoms with van der Waals surface area (Å²) in [7, 11) is 1.46. The Morgan fingerprint density at radius 2 is 2.00 bits per heavy atom. The van der Waals surface area contributed by atoms with Crippen molar-refractivity contribution >= 4 is 38.9 Å². The van der Waals surface area contributed by atoms with Crippen molar-refractivity contribution in [3.05, 3.63) is 37.9 Å². The van der Waals surface area contributed by atoms with Gasteiger partial charge in [-0.05, 0) is 0 Å². The number of ether oxygens (including phenoxy) is 1. The summed E-state index contributed by atoms with van der Waals surface area (Å²) in [6.07, 6.45) is 0. The molecule has 0 aliphatic heterocycles. The number of anilines is 1. The number of carbonyl (C=O) groups is 1. The zero-order chi connectivity index (χ0) is 19.7. The van der Waals surface area contributed by atoms with Crippen molar-refractivity contribution in [2.45, 2.75) is 0 Å². The molecule has 0 fully saturated rings. The standard InChI is InChI=1S/C14H19BrN4O7/c1-26-7-5-17(4-2-15)13-11(14(21)16-3-6-20)8-10(18(22)23)9-12(13)19(24)25/h8-9,20H,2-7H2,1H3,(H,16,21). The Bertz CT molecular complexity index is 671. The number of halogens is 1. The van der Waals surface area contributed by atoms with Crippen LogP contribution in [0.25, 0.3) is 0 Å². The Kier molecular flexibility index (Phi) is 8.88. The summed E-state index contributed by atoms with van der Waals surface area (Å²) in [5.74, 6) is -0.752. The highest BCUT2D eigenvalue weighted by Crippen LogP contribution is 2.36. The van der Waals surface area contributed by atoms with Crippen molar-refractivity contribution in [3.63, 3.8) is 0 Å². The molecule has 11 nitrogen and oxygen atoms in total. The van der Waals surface area contributed by atoms with Crippen LogP contribution in [-0.4, -0.2) is 66.1 Å². The lowest BCUT2D eigenvalue weighted by Crippen LogP contribution is -2.34. The number of amides is 1. The number of nitro benzene ring substituents is 2. The SMILES string of the molecule is COCCN(CCBr)c1c(C(=O)NCCO)cc([N+](=O)[O-])cc1[N+](=O)[O-]. The molecular formula is C14H19BrN4O7. The number of benzene rings is 1. The molecule has 2 N–H and O–H groups in total. The maximum Gasteiger partial charge on any atom is 0.300 e. The Morgan fingerprint density at radius 1 is 1.31 bits per heavy atom. The summed E-state index contributed by atoms with van der Waals surface area (Å²) < 4.78 is 5.00. The van der Waals surface area contributed by atoms with E-state index in [0.717, 1.165) is 12.1 Å². The van der Waals surface area contributed by atoms with Crippen molar-refractivity contribution in [1.82, 2.24) is 5.32 Å². The van der Waals surface area contributed by atoms with Gasteiger partial charge in [0.25, 0.3) is 17.3 Å². The van der Waals surface area contributed by atoms with E-state index in [-0.39, 0.29) is 37.6 Å². The highest BCUT2D eigenvalue weighted by Gasteiger charge is 2.30. The first-order chi connectivity index (χ1) is 12.4. The number of nitrogens with zero attached hydrogens (tertiary/aromatic N) is 3. The van der Waals surface area contributed by atoms with Crippen molar-refractivity contribution < 1.29 is 24.5 Å². The highest BCUT2D eigenvalue weighted by atomic mass is 79.9. The molecule has 0 atom stereocenters. The summed E-state index contributed by atoms with van der Waals surface area (Å²) >= 11 is 3.25. The fourth-order valence-electron chi connectivity index (χ4n) is 2.26. The summed E-state index contributed by atoms with van der Waals surface area (Å²) in [5, 5.41) is 34.3. The first-order valence-corrected chi connectivity index (χ1v) is 8.65. The van der Waals surface area contributed by atoms with Crippen molar-refractivity contribution in [2.24, 2.45) is 0 Å². The monoisotopic (exact) mass is 434 g/mol. The van der Waals surface area contributed by atoms with Crippen molar-refractivity contribution in [1.29, 1.82) is 0 Å². The Labute approximate surface area is 157 Å². The van der Waals surface area contributed by atoms with E-state index in [4.69, 9.17) is 9.84 Å². The van der Waals surface area contributed by atoms with Gasteiger partial charge in [-0.1, -0.05) is 15.9 Å². The average molecular weight is 435 g/mol. The largest absolute Gasteiger partial charge is 0.395 e. The molecule has 0 aliphatic rings. The third-order valence-corrected chi connectivity index (χ3v) is 3.71. The quantitative estimate of drug-likeness (QED) is 0.298. The van der Waals surface area contributed by atoms with Gasteiger partial charge in [-0.3, -0.25) is 25.0 Å². The number of carbonyl (C=O) groups excluding carboxylic acids is 1. The molecule has 0 aliphatic carbocycles. The van der Waals surface area contributed by atoms with Crippen LogP contribution in [0.4, 0.5) is 17.1 Å². The number of aliphatic hydroxyl groups excluding tert-OH is 1. The van der Waals surface area contributed by atoms with E-state index in [2.05, 4.69) is 21.2 Å².